The molecule has 0 spiro atoms. The number of rotatable bonds is 4. The number of esters is 1. The van der Waals surface area contributed by atoms with Crippen LogP contribution in [0.15, 0.2) is 41.2 Å². The summed E-state index contributed by atoms with van der Waals surface area (Å²) in [5, 5.41) is 4.35. The molecule has 1 saturated carbocycles. The number of carbonyl (C=O) groups excluding carboxylic acids is 1. The van der Waals surface area contributed by atoms with Crippen molar-refractivity contribution >= 4 is 11.6 Å². The molecule has 6 nitrogen and oxygen atoms in total. The second-order valence-corrected chi connectivity index (χ2v) is 7.26. The summed E-state index contributed by atoms with van der Waals surface area (Å²) in [5.41, 5.74) is 1.53. The second kappa shape index (κ2) is 7.42. The molecule has 0 atom stereocenters. The molecule has 0 aliphatic heterocycles. The first-order valence-electron chi connectivity index (χ1n) is 9.66. The van der Waals surface area contributed by atoms with Crippen molar-refractivity contribution in [1.29, 1.82) is 0 Å². The van der Waals surface area contributed by atoms with E-state index >= 15 is 0 Å². The summed E-state index contributed by atoms with van der Waals surface area (Å²) >= 11 is 0. The van der Waals surface area contributed by atoms with Gasteiger partial charge >= 0.3 is 5.97 Å². The molecular formula is C21H21F2N3O3. The third-order valence-electron chi connectivity index (χ3n) is 5.32. The van der Waals surface area contributed by atoms with Gasteiger partial charge < -0.3 is 9.72 Å². The van der Waals surface area contributed by atoms with Gasteiger partial charge in [0.05, 0.1) is 6.61 Å². The number of hydrogen-bond acceptors (Lipinski definition) is 4. The van der Waals surface area contributed by atoms with Crippen LogP contribution in [-0.2, 0) is 4.74 Å². The van der Waals surface area contributed by atoms with E-state index in [4.69, 9.17) is 4.74 Å². The number of carbonyl (C=O) groups is 1. The molecule has 29 heavy (non-hydrogen) atoms. The lowest BCUT2D eigenvalue weighted by molar-refractivity contribution is -0.0384. The highest BCUT2D eigenvalue weighted by atomic mass is 19.3. The number of ether oxygens (including phenoxy) is 1. The molecule has 1 aromatic carbocycles. The van der Waals surface area contributed by atoms with Gasteiger partial charge in [-0.05, 0) is 25.7 Å². The first kappa shape index (κ1) is 19.3. The fraction of sp³-hybridized carbons (Fsp3) is 0.381. The van der Waals surface area contributed by atoms with Gasteiger partial charge in [-0.3, -0.25) is 4.79 Å². The Morgan fingerprint density at radius 1 is 1.28 bits per heavy atom. The van der Waals surface area contributed by atoms with Crippen LogP contribution in [0.4, 0.5) is 8.78 Å². The van der Waals surface area contributed by atoms with E-state index in [9.17, 15) is 18.4 Å². The number of nitrogens with one attached hydrogen (secondary N) is 1. The molecule has 0 unspecified atom stereocenters. The smallest absolute Gasteiger partial charge is 0.344 e. The molecular weight excluding hydrogens is 380 g/mol. The quantitative estimate of drug-likeness (QED) is 0.666. The van der Waals surface area contributed by atoms with E-state index in [0.717, 1.165) is 4.52 Å². The Bertz CT molecular complexity index is 1100. The molecule has 8 heteroatoms. The molecule has 0 radical (unpaired) electrons. The minimum Gasteiger partial charge on any atom is -0.462 e. The highest BCUT2D eigenvalue weighted by molar-refractivity contribution is 6.02. The number of aromatic amines is 1. The predicted molar refractivity (Wildman–Crippen MR) is 103 cm³/mol. The maximum absolute atomic E-state index is 13.5. The third kappa shape index (κ3) is 3.66. The summed E-state index contributed by atoms with van der Waals surface area (Å²) < 4.78 is 33.4. The second-order valence-electron chi connectivity index (χ2n) is 7.26. The molecule has 1 aliphatic rings. The average Bonchev–Trinajstić information content (AvgIpc) is 3.09. The fourth-order valence-electron chi connectivity index (χ4n) is 3.83. The SMILES string of the molecule is CCOC(=O)c1c(-c2ccccc2)nn2c(=O)cc(C3CCC(F)(F)CC3)[nH]c12. The van der Waals surface area contributed by atoms with Crippen LogP contribution in [0.3, 0.4) is 0 Å². The van der Waals surface area contributed by atoms with Crippen molar-refractivity contribution in [2.45, 2.75) is 44.4 Å². The van der Waals surface area contributed by atoms with Gasteiger partial charge in [-0.15, -0.1) is 0 Å². The predicted octanol–water partition coefficient (Wildman–Crippen LogP) is 4.16. The molecule has 2 aromatic heterocycles. The Morgan fingerprint density at radius 3 is 2.62 bits per heavy atom. The monoisotopic (exact) mass is 401 g/mol. The summed E-state index contributed by atoms with van der Waals surface area (Å²) in [4.78, 5) is 28.5. The van der Waals surface area contributed by atoms with Gasteiger partial charge in [0.15, 0.2) is 5.65 Å². The van der Waals surface area contributed by atoms with Crippen LogP contribution < -0.4 is 5.56 Å². The molecule has 1 aliphatic carbocycles. The van der Waals surface area contributed by atoms with E-state index in [1.807, 2.05) is 18.2 Å². The van der Waals surface area contributed by atoms with Crippen molar-refractivity contribution in [2.24, 2.45) is 0 Å². The lowest BCUT2D eigenvalue weighted by Gasteiger charge is -2.28. The average molecular weight is 401 g/mol. The minimum absolute atomic E-state index is 0.165. The normalized spacial score (nSPS) is 16.8. The largest absolute Gasteiger partial charge is 0.462 e. The van der Waals surface area contributed by atoms with Crippen molar-refractivity contribution < 1.29 is 18.3 Å². The number of hydrogen-bond donors (Lipinski definition) is 1. The maximum atomic E-state index is 13.5. The summed E-state index contributed by atoms with van der Waals surface area (Å²) in [6.45, 7) is 1.87. The first-order chi connectivity index (χ1) is 13.9. The topological polar surface area (TPSA) is 76.5 Å². The number of H-pyrrole nitrogens is 1. The molecule has 1 fully saturated rings. The molecule has 0 amide bonds. The number of nitrogens with zero attached hydrogens (tertiary/aromatic N) is 2. The zero-order valence-electron chi connectivity index (χ0n) is 16.0. The Labute approximate surface area is 165 Å². The molecule has 0 saturated heterocycles. The standard InChI is InChI=1S/C21H21F2N3O3/c1-2-29-20(28)17-18(14-6-4-3-5-7-14)25-26-16(27)12-15(24-19(17)26)13-8-10-21(22,23)11-9-13/h3-7,12-13,24H,2,8-11H2,1H3. The van der Waals surface area contributed by atoms with E-state index in [1.54, 1.807) is 19.1 Å². The molecule has 1 N–H and O–H groups in total. The van der Waals surface area contributed by atoms with Gasteiger partial charge in [0.1, 0.15) is 11.3 Å². The van der Waals surface area contributed by atoms with Crippen LogP contribution in [-0.4, -0.2) is 33.1 Å². The number of benzene rings is 1. The number of fused-ring (bicyclic) bond motifs is 1. The Morgan fingerprint density at radius 2 is 1.97 bits per heavy atom. The molecule has 152 valence electrons. The Kier molecular flexibility index (Phi) is 4.94. The third-order valence-corrected chi connectivity index (χ3v) is 5.32. The van der Waals surface area contributed by atoms with Crippen LogP contribution in [0, 0.1) is 0 Å². The van der Waals surface area contributed by atoms with E-state index in [1.165, 1.54) is 6.07 Å². The zero-order chi connectivity index (χ0) is 20.6. The van der Waals surface area contributed by atoms with Gasteiger partial charge in [-0.2, -0.15) is 9.61 Å². The van der Waals surface area contributed by atoms with Crippen molar-refractivity contribution in [3.8, 4) is 11.3 Å². The fourth-order valence-corrected chi connectivity index (χ4v) is 3.83. The molecule has 2 heterocycles. The van der Waals surface area contributed by atoms with Crippen molar-refractivity contribution in [1.82, 2.24) is 14.6 Å². The van der Waals surface area contributed by atoms with E-state index in [0.29, 0.717) is 17.0 Å². The van der Waals surface area contributed by atoms with Crippen LogP contribution in [0.5, 0.6) is 0 Å². The Hall–Kier alpha value is -3.03. The van der Waals surface area contributed by atoms with Gasteiger partial charge in [0.2, 0.25) is 5.92 Å². The van der Waals surface area contributed by atoms with Crippen LogP contribution >= 0.6 is 0 Å². The highest BCUT2D eigenvalue weighted by Gasteiger charge is 2.36. The number of halogens is 2. The summed E-state index contributed by atoms with van der Waals surface area (Å²) in [5.74, 6) is -3.45. The van der Waals surface area contributed by atoms with Gasteiger partial charge in [-0.25, -0.2) is 13.6 Å². The lowest BCUT2D eigenvalue weighted by Crippen LogP contribution is -2.25. The highest BCUT2D eigenvalue weighted by Crippen LogP contribution is 2.40. The summed E-state index contributed by atoms with van der Waals surface area (Å²) in [7, 11) is 0. The van der Waals surface area contributed by atoms with Crippen LogP contribution in [0.2, 0.25) is 0 Å². The summed E-state index contributed by atoms with van der Waals surface area (Å²) in [6, 6.07) is 10.4. The Balaban J connectivity index is 1.86. The van der Waals surface area contributed by atoms with Gasteiger partial charge in [0, 0.05) is 30.2 Å². The lowest BCUT2D eigenvalue weighted by atomic mass is 9.84. The maximum Gasteiger partial charge on any atom is 0.344 e. The minimum atomic E-state index is -2.66. The summed E-state index contributed by atoms with van der Waals surface area (Å²) in [6.07, 6.45) is 0.106. The van der Waals surface area contributed by atoms with Gasteiger partial charge in [0.25, 0.3) is 5.56 Å². The molecule has 3 aromatic rings. The van der Waals surface area contributed by atoms with Gasteiger partial charge in [-0.1, -0.05) is 30.3 Å². The number of aromatic nitrogens is 3. The van der Waals surface area contributed by atoms with E-state index < -0.39 is 17.5 Å². The van der Waals surface area contributed by atoms with Crippen molar-refractivity contribution in [3.05, 3.63) is 58.0 Å². The first-order valence-corrected chi connectivity index (χ1v) is 9.66. The van der Waals surface area contributed by atoms with E-state index in [-0.39, 0.29) is 49.4 Å². The zero-order valence-corrected chi connectivity index (χ0v) is 16.0. The van der Waals surface area contributed by atoms with Crippen molar-refractivity contribution in [2.75, 3.05) is 6.61 Å². The van der Waals surface area contributed by atoms with Crippen LogP contribution in [0.25, 0.3) is 16.9 Å². The van der Waals surface area contributed by atoms with Crippen LogP contribution in [0.1, 0.15) is 54.6 Å². The molecule has 4 rings (SSSR count). The van der Waals surface area contributed by atoms with Crippen molar-refractivity contribution in [3.63, 3.8) is 0 Å². The van der Waals surface area contributed by atoms with E-state index in [2.05, 4.69) is 10.1 Å². The molecule has 0 bridgehead atoms. The number of alkyl halides is 2.